The first kappa shape index (κ1) is 19.1. The molecule has 0 atom stereocenters. The summed E-state index contributed by atoms with van der Waals surface area (Å²) in [5, 5.41) is 5.18. The van der Waals surface area contributed by atoms with E-state index in [2.05, 4.69) is 15.4 Å². The van der Waals surface area contributed by atoms with Gasteiger partial charge in [0.25, 0.3) is 11.8 Å². The van der Waals surface area contributed by atoms with Crippen molar-refractivity contribution in [1.82, 2.24) is 5.32 Å². The van der Waals surface area contributed by atoms with Crippen molar-refractivity contribution < 1.29 is 23.9 Å². The van der Waals surface area contributed by atoms with E-state index in [0.717, 1.165) is 5.56 Å². The Hall–Kier alpha value is -3.19. The summed E-state index contributed by atoms with van der Waals surface area (Å²) in [4.78, 5) is 35.4. The summed E-state index contributed by atoms with van der Waals surface area (Å²) in [6, 6.07) is 13.5. The van der Waals surface area contributed by atoms with E-state index in [0.29, 0.717) is 23.4 Å². The lowest BCUT2D eigenvalue weighted by Crippen LogP contribution is -2.30. The predicted molar refractivity (Wildman–Crippen MR) is 95.9 cm³/mol. The zero-order valence-electron chi connectivity index (χ0n) is 14.6. The lowest BCUT2D eigenvalue weighted by atomic mass is 10.1. The van der Waals surface area contributed by atoms with Crippen LogP contribution in [0.25, 0.3) is 0 Å². The summed E-state index contributed by atoms with van der Waals surface area (Å²) in [6.45, 7) is 0.254. The van der Waals surface area contributed by atoms with E-state index in [1.165, 1.54) is 13.2 Å². The topological polar surface area (TPSA) is 93.7 Å². The summed E-state index contributed by atoms with van der Waals surface area (Å²) < 4.78 is 9.50. The molecule has 0 heterocycles. The molecule has 26 heavy (non-hydrogen) atoms. The molecule has 0 unspecified atom stereocenters. The molecule has 136 valence electrons. The van der Waals surface area contributed by atoms with Gasteiger partial charge in [-0.1, -0.05) is 18.2 Å². The first-order chi connectivity index (χ1) is 12.5. The lowest BCUT2D eigenvalue weighted by molar-refractivity contribution is -0.139. The predicted octanol–water partition coefficient (Wildman–Crippen LogP) is 1.99. The first-order valence-electron chi connectivity index (χ1n) is 7.88. The van der Waals surface area contributed by atoms with E-state index in [-0.39, 0.29) is 12.5 Å². The van der Waals surface area contributed by atoms with Crippen LogP contribution in [-0.4, -0.2) is 38.5 Å². The van der Waals surface area contributed by atoms with Gasteiger partial charge in [-0.3, -0.25) is 14.4 Å². The number of carbonyl (C=O) groups excluding carboxylic acids is 3. The number of esters is 1. The molecule has 2 aromatic rings. The molecule has 2 aromatic carbocycles. The fourth-order valence-corrected chi connectivity index (χ4v) is 2.19. The second-order valence-electron chi connectivity index (χ2n) is 5.42. The van der Waals surface area contributed by atoms with Gasteiger partial charge in [-0.25, -0.2) is 0 Å². The molecule has 0 bridgehead atoms. The van der Waals surface area contributed by atoms with E-state index in [9.17, 15) is 14.4 Å². The highest BCUT2D eigenvalue weighted by molar-refractivity contribution is 6.05. The lowest BCUT2D eigenvalue weighted by Gasteiger charge is -2.08. The van der Waals surface area contributed by atoms with Gasteiger partial charge in [0.15, 0.2) is 0 Å². The summed E-state index contributed by atoms with van der Waals surface area (Å²) in [5.74, 6) is -1.27. The number of anilines is 1. The molecule has 2 rings (SSSR count). The standard InChI is InChI=1S/C19H20N2O5/c1-25-12-13-6-8-14(9-7-13)19(24)21-16-5-3-4-15(10-16)18(23)20-11-17(22)26-2/h3-10H,11-12H2,1-2H3,(H,20,23)(H,21,24). The molecule has 7 nitrogen and oxygen atoms in total. The van der Waals surface area contributed by atoms with Gasteiger partial charge in [-0.15, -0.1) is 0 Å². The van der Waals surface area contributed by atoms with Crippen LogP contribution in [0.15, 0.2) is 48.5 Å². The Kier molecular flexibility index (Phi) is 6.87. The molecule has 0 radical (unpaired) electrons. The van der Waals surface area contributed by atoms with Crippen LogP contribution < -0.4 is 10.6 Å². The van der Waals surface area contributed by atoms with E-state index < -0.39 is 11.9 Å². The van der Waals surface area contributed by atoms with Crippen LogP contribution in [0.5, 0.6) is 0 Å². The molecular formula is C19H20N2O5. The molecular weight excluding hydrogens is 336 g/mol. The third kappa shape index (κ3) is 5.42. The maximum absolute atomic E-state index is 12.3. The number of methoxy groups -OCH3 is 2. The molecule has 0 aliphatic rings. The Morgan fingerprint density at radius 2 is 1.65 bits per heavy atom. The Labute approximate surface area is 151 Å². The minimum Gasteiger partial charge on any atom is -0.468 e. The highest BCUT2D eigenvalue weighted by Gasteiger charge is 2.11. The molecule has 0 saturated heterocycles. The minimum absolute atomic E-state index is 0.222. The molecule has 0 aromatic heterocycles. The zero-order chi connectivity index (χ0) is 18.9. The molecule has 7 heteroatoms. The van der Waals surface area contributed by atoms with E-state index >= 15 is 0 Å². The van der Waals surface area contributed by atoms with Crippen molar-refractivity contribution in [3.8, 4) is 0 Å². The number of benzene rings is 2. The van der Waals surface area contributed by atoms with E-state index in [1.807, 2.05) is 12.1 Å². The second-order valence-corrected chi connectivity index (χ2v) is 5.42. The first-order valence-corrected chi connectivity index (χ1v) is 7.88. The van der Waals surface area contributed by atoms with Gasteiger partial charge in [-0.05, 0) is 35.9 Å². The van der Waals surface area contributed by atoms with Gasteiger partial charge in [-0.2, -0.15) is 0 Å². The van der Waals surface area contributed by atoms with Gasteiger partial charge in [0.1, 0.15) is 6.54 Å². The van der Waals surface area contributed by atoms with Gasteiger partial charge < -0.3 is 20.1 Å². The molecule has 0 saturated carbocycles. The third-order valence-electron chi connectivity index (χ3n) is 3.53. The number of rotatable bonds is 7. The molecule has 2 amide bonds. The summed E-state index contributed by atoms with van der Waals surface area (Å²) >= 11 is 0. The Balaban J connectivity index is 2.02. The van der Waals surface area contributed by atoms with Gasteiger partial charge in [0.05, 0.1) is 13.7 Å². The van der Waals surface area contributed by atoms with Crippen molar-refractivity contribution in [1.29, 1.82) is 0 Å². The summed E-state index contributed by atoms with van der Waals surface area (Å²) in [5.41, 5.74) is 2.25. The van der Waals surface area contributed by atoms with Crippen molar-refractivity contribution in [2.45, 2.75) is 6.61 Å². The SMILES string of the molecule is COCc1ccc(C(=O)Nc2cccc(C(=O)NCC(=O)OC)c2)cc1. The average molecular weight is 356 g/mol. The molecule has 0 aliphatic heterocycles. The van der Waals surface area contributed by atoms with Crippen LogP contribution in [0.4, 0.5) is 5.69 Å². The minimum atomic E-state index is -0.542. The maximum atomic E-state index is 12.3. The van der Waals surface area contributed by atoms with Crippen molar-refractivity contribution in [3.63, 3.8) is 0 Å². The second kappa shape index (κ2) is 9.33. The number of hydrogen-bond acceptors (Lipinski definition) is 5. The summed E-state index contributed by atoms with van der Waals surface area (Å²) in [6.07, 6.45) is 0. The monoisotopic (exact) mass is 356 g/mol. The third-order valence-corrected chi connectivity index (χ3v) is 3.53. The van der Waals surface area contributed by atoms with E-state index in [1.54, 1.807) is 37.4 Å². The number of amides is 2. The quantitative estimate of drug-likeness (QED) is 0.740. The van der Waals surface area contributed by atoms with Crippen molar-refractivity contribution in [2.75, 3.05) is 26.1 Å². The number of nitrogens with one attached hydrogen (secondary N) is 2. The van der Waals surface area contributed by atoms with Crippen molar-refractivity contribution in [2.24, 2.45) is 0 Å². The van der Waals surface area contributed by atoms with Crippen LogP contribution in [-0.2, 0) is 20.9 Å². The van der Waals surface area contributed by atoms with Crippen LogP contribution in [0.2, 0.25) is 0 Å². The fourth-order valence-electron chi connectivity index (χ4n) is 2.19. The van der Waals surface area contributed by atoms with Crippen molar-refractivity contribution in [3.05, 3.63) is 65.2 Å². The molecule has 0 fully saturated rings. The smallest absolute Gasteiger partial charge is 0.325 e. The Morgan fingerprint density at radius 1 is 0.923 bits per heavy atom. The van der Waals surface area contributed by atoms with Crippen molar-refractivity contribution >= 4 is 23.5 Å². The number of ether oxygens (including phenoxy) is 2. The van der Waals surface area contributed by atoms with Crippen LogP contribution in [0.3, 0.4) is 0 Å². The van der Waals surface area contributed by atoms with Crippen LogP contribution >= 0.6 is 0 Å². The van der Waals surface area contributed by atoms with Gasteiger partial charge in [0.2, 0.25) is 0 Å². The fraction of sp³-hybridized carbons (Fsp3) is 0.211. The maximum Gasteiger partial charge on any atom is 0.325 e. The highest BCUT2D eigenvalue weighted by atomic mass is 16.5. The highest BCUT2D eigenvalue weighted by Crippen LogP contribution is 2.13. The largest absolute Gasteiger partial charge is 0.468 e. The number of hydrogen-bond donors (Lipinski definition) is 2. The van der Waals surface area contributed by atoms with E-state index in [4.69, 9.17) is 4.74 Å². The average Bonchev–Trinajstić information content (AvgIpc) is 2.66. The van der Waals surface area contributed by atoms with Crippen LogP contribution in [0.1, 0.15) is 26.3 Å². The molecule has 0 spiro atoms. The normalized spacial score (nSPS) is 10.1. The Bertz CT molecular complexity index is 787. The van der Waals surface area contributed by atoms with Gasteiger partial charge in [0, 0.05) is 23.9 Å². The molecule has 2 N–H and O–H groups in total. The number of carbonyl (C=O) groups is 3. The Morgan fingerprint density at radius 3 is 2.31 bits per heavy atom. The van der Waals surface area contributed by atoms with Crippen LogP contribution in [0, 0.1) is 0 Å². The van der Waals surface area contributed by atoms with Gasteiger partial charge >= 0.3 is 5.97 Å². The summed E-state index contributed by atoms with van der Waals surface area (Å²) in [7, 11) is 2.85. The zero-order valence-corrected chi connectivity index (χ0v) is 14.6. The molecule has 0 aliphatic carbocycles.